The molecule has 0 amide bonds. The summed E-state index contributed by atoms with van der Waals surface area (Å²) in [6, 6.07) is 5.01. The van der Waals surface area contributed by atoms with Crippen molar-refractivity contribution < 1.29 is 8.42 Å². The van der Waals surface area contributed by atoms with Crippen LogP contribution in [0.2, 0.25) is 0 Å². The molecule has 0 aliphatic rings. The first-order valence-electron chi connectivity index (χ1n) is 8.03. The molecule has 0 unspecified atom stereocenters. The van der Waals surface area contributed by atoms with Crippen LogP contribution >= 0.6 is 12.2 Å². The Morgan fingerprint density at radius 3 is 2.69 bits per heavy atom. The monoisotopic (exact) mass is 389 g/mol. The van der Waals surface area contributed by atoms with Gasteiger partial charge in [-0.2, -0.15) is 0 Å². The zero-order valence-electron chi connectivity index (χ0n) is 14.9. The van der Waals surface area contributed by atoms with Crippen LogP contribution in [0.5, 0.6) is 0 Å². The molecule has 3 rings (SSSR count). The van der Waals surface area contributed by atoms with Gasteiger partial charge in [0.2, 0.25) is 0 Å². The van der Waals surface area contributed by atoms with Gasteiger partial charge in [-0.15, -0.1) is 0 Å². The molecule has 0 aliphatic carbocycles. The SMILES string of the molecule is CCS(=O)(=O)c1ccc(NC(C)=S)nc1-c1nc2cc(C)ncc2n1C. The molecule has 9 heteroatoms. The highest BCUT2D eigenvalue weighted by Gasteiger charge is 2.23. The lowest BCUT2D eigenvalue weighted by Crippen LogP contribution is -2.11. The van der Waals surface area contributed by atoms with Gasteiger partial charge in [-0.25, -0.2) is 18.4 Å². The summed E-state index contributed by atoms with van der Waals surface area (Å²) in [4.78, 5) is 14.1. The highest BCUT2D eigenvalue weighted by molar-refractivity contribution is 7.91. The summed E-state index contributed by atoms with van der Waals surface area (Å²) in [7, 11) is -1.66. The van der Waals surface area contributed by atoms with E-state index in [1.807, 2.05) is 20.0 Å². The predicted octanol–water partition coefficient (Wildman–Crippen LogP) is 2.89. The molecule has 0 bridgehead atoms. The van der Waals surface area contributed by atoms with Crippen LogP contribution in [0.25, 0.3) is 22.6 Å². The molecule has 0 radical (unpaired) electrons. The number of anilines is 1. The minimum atomic E-state index is -3.48. The van der Waals surface area contributed by atoms with Gasteiger partial charge in [-0.1, -0.05) is 19.1 Å². The molecule has 7 nitrogen and oxygen atoms in total. The minimum absolute atomic E-state index is 0.0226. The molecule has 136 valence electrons. The topological polar surface area (TPSA) is 89.8 Å². The minimum Gasteiger partial charge on any atom is -0.335 e. The van der Waals surface area contributed by atoms with Crippen molar-refractivity contribution in [1.29, 1.82) is 0 Å². The van der Waals surface area contributed by atoms with Crippen LogP contribution in [-0.2, 0) is 16.9 Å². The average Bonchev–Trinajstić information content (AvgIpc) is 2.90. The summed E-state index contributed by atoms with van der Waals surface area (Å²) in [5.41, 5.74) is 2.67. The van der Waals surface area contributed by atoms with Crippen molar-refractivity contribution in [2.75, 3.05) is 11.1 Å². The van der Waals surface area contributed by atoms with E-state index in [0.717, 1.165) is 16.7 Å². The first kappa shape index (κ1) is 18.4. The maximum atomic E-state index is 12.6. The standard InChI is InChI=1S/C17H19N5O2S2/c1-5-26(23,24)14-6-7-15(19-11(3)25)21-16(14)17-20-12-8-10(2)18-9-13(12)22(17)4/h6-9H,5H2,1-4H3,(H,19,21,25). The Morgan fingerprint density at radius 2 is 2.04 bits per heavy atom. The van der Waals surface area contributed by atoms with E-state index < -0.39 is 9.84 Å². The molecule has 0 spiro atoms. The zero-order chi connectivity index (χ0) is 19.1. The molecule has 0 aliphatic heterocycles. The van der Waals surface area contributed by atoms with E-state index in [2.05, 4.69) is 20.3 Å². The maximum absolute atomic E-state index is 12.6. The fraction of sp³-hybridized carbons (Fsp3) is 0.294. The van der Waals surface area contributed by atoms with Crippen LogP contribution in [0.15, 0.2) is 29.3 Å². The van der Waals surface area contributed by atoms with Crippen molar-refractivity contribution in [1.82, 2.24) is 19.5 Å². The number of thiocarbonyl (C=S) groups is 1. The summed E-state index contributed by atoms with van der Waals surface area (Å²) in [5, 5.41) is 2.95. The second-order valence-electron chi connectivity index (χ2n) is 5.94. The third-order valence-electron chi connectivity index (χ3n) is 3.99. The number of rotatable bonds is 4. The number of hydrogen-bond donors (Lipinski definition) is 1. The van der Waals surface area contributed by atoms with Crippen molar-refractivity contribution in [3.8, 4) is 11.5 Å². The molecule has 0 saturated heterocycles. The Kier molecular flexibility index (Phi) is 4.76. The molecule has 1 N–H and O–H groups in total. The van der Waals surface area contributed by atoms with E-state index in [1.54, 1.807) is 36.7 Å². The first-order chi connectivity index (χ1) is 12.2. The molecule has 0 atom stereocenters. The van der Waals surface area contributed by atoms with Gasteiger partial charge in [0.05, 0.1) is 32.9 Å². The van der Waals surface area contributed by atoms with Crippen molar-refractivity contribution in [2.45, 2.75) is 25.7 Å². The summed E-state index contributed by atoms with van der Waals surface area (Å²) in [5.74, 6) is 0.916. The van der Waals surface area contributed by atoms with E-state index in [4.69, 9.17) is 12.2 Å². The van der Waals surface area contributed by atoms with Crippen LogP contribution in [0, 0.1) is 6.92 Å². The smallest absolute Gasteiger partial charge is 0.180 e. The van der Waals surface area contributed by atoms with Crippen LogP contribution < -0.4 is 5.32 Å². The van der Waals surface area contributed by atoms with E-state index in [9.17, 15) is 8.42 Å². The van der Waals surface area contributed by atoms with E-state index in [-0.39, 0.29) is 10.6 Å². The lowest BCUT2D eigenvalue weighted by molar-refractivity contribution is 0.597. The van der Waals surface area contributed by atoms with Gasteiger partial charge in [-0.05, 0) is 32.0 Å². The molecule has 0 fully saturated rings. The van der Waals surface area contributed by atoms with Crippen molar-refractivity contribution in [3.05, 3.63) is 30.1 Å². The number of nitrogens with one attached hydrogen (secondary N) is 1. The lowest BCUT2D eigenvalue weighted by atomic mass is 10.3. The third kappa shape index (κ3) is 3.32. The average molecular weight is 390 g/mol. The van der Waals surface area contributed by atoms with Crippen LogP contribution in [0.1, 0.15) is 19.5 Å². The van der Waals surface area contributed by atoms with Gasteiger partial charge in [0, 0.05) is 12.7 Å². The maximum Gasteiger partial charge on any atom is 0.180 e. The molecule has 0 saturated carbocycles. The van der Waals surface area contributed by atoms with Crippen molar-refractivity contribution >= 4 is 43.9 Å². The number of aryl methyl sites for hydroxylation is 2. The van der Waals surface area contributed by atoms with Gasteiger partial charge in [0.25, 0.3) is 0 Å². The number of sulfone groups is 1. The number of fused-ring (bicyclic) bond motifs is 1. The van der Waals surface area contributed by atoms with E-state index in [0.29, 0.717) is 22.3 Å². The molecule has 26 heavy (non-hydrogen) atoms. The number of nitrogens with zero attached hydrogens (tertiary/aromatic N) is 4. The number of imidazole rings is 1. The Balaban J connectivity index is 2.31. The van der Waals surface area contributed by atoms with Gasteiger partial charge in [0.15, 0.2) is 15.7 Å². The fourth-order valence-corrected chi connectivity index (χ4v) is 3.79. The Labute approximate surface area is 157 Å². The molecule has 0 aromatic carbocycles. The normalized spacial score (nSPS) is 11.7. The van der Waals surface area contributed by atoms with Crippen molar-refractivity contribution in [3.63, 3.8) is 0 Å². The third-order valence-corrected chi connectivity index (χ3v) is 5.85. The van der Waals surface area contributed by atoms with Crippen LogP contribution in [0.4, 0.5) is 5.82 Å². The summed E-state index contributed by atoms with van der Waals surface area (Å²) in [6.45, 7) is 5.22. The van der Waals surface area contributed by atoms with Gasteiger partial charge >= 0.3 is 0 Å². The largest absolute Gasteiger partial charge is 0.335 e. The first-order valence-corrected chi connectivity index (χ1v) is 10.1. The number of hydrogen-bond acceptors (Lipinski definition) is 6. The van der Waals surface area contributed by atoms with Crippen LogP contribution in [-0.4, -0.2) is 38.7 Å². The quantitative estimate of drug-likeness (QED) is 0.686. The van der Waals surface area contributed by atoms with Gasteiger partial charge in [0.1, 0.15) is 11.5 Å². The highest BCUT2D eigenvalue weighted by atomic mass is 32.2. The fourth-order valence-electron chi connectivity index (χ4n) is 2.66. The number of pyridine rings is 2. The summed E-state index contributed by atoms with van der Waals surface area (Å²) >= 11 is 5.06. The lowest BCUT2D eigenvalue weighted by Gasteiger charge is -2.11. The van der Waals surface area contributed by atoms with Crippen molar-refractivity contribution in [2.24, 2.45) is 7.05 Å². The second-order valence-corrected chi connectivity index (χ2v) is 8.80. The summed E-state index contributed by atoms with van der Waals surface area (Å²) in [6.07, 6.45) is 1.72. The second kappa shape index (κ2) is 6.73. The zero-order valence-corrected chi connectivity index (χ0v) is 16.6. The number of aromatic nitrogens is 4. The molecular formula is C17H19N5O2S2. The van der Waals surface area contributed by atoms with Crippen LogP contribution in [0.3, 0.4) is 0 Å². The highest BCUT2D eigenvalue weighted by Crippen LogP contribution is 2.29. The summed E-state index contributed by atoms with van der Waals surface area (Å²) < 4.78 is 26.9. The molecule has 3 heterocycles. The Morgan fingerprint density at radius 1 is 1.31 bits per heavy atom. The van der Waals surface area contributed by atoms with Gasteiger partial charge < -0.3 is 9.88 Å². The molecule has 3 aromatic heterocycles. The van der Waals surface area contributed by atoms with E-state index in [1.165, 1.54) is 0 Å². The molecule has 3 aromatic rings. The molecular weight excluding hydrogens is 370 g/mol. The van der Waals surface area contributed by atoms with Gasteiger partial charge in [-0.3, -0.25) is 4.98 Å². The predicted molar refractivity (Wildman–Crippen MR) is 106 cm³/mol. The Hall–Kier alpha value is -2.39. The van der Waals surface area contributed by atoms with E-state index >= 15 is 0 Å². The Bertz CT molecular complexity index is 1120.